The number of rotatable bonds is 5. The Morgan fingerprint density at radius 3 is 2.70 bits per heavy atom. The third-order valence-corrected chi connectivity index (χ3v) is 4.83. The van der Waals surface area contributed by atoms with Crippen molar-refractivity contribution in [2.24, 2.45) is 5.73 Å². The molecule has 2 N–H and O–H groups in total. The highest BCUT2D eigenvalue weighted by molar-refractivity contribution is 5.11. The fourth-order valence-electron chi connectivity index (χ4n) is 3.14. The summed E-state index contributed by atoms with van der Waals surface area (Å²) in [4.78, 5) is 6.48. The van der Waals surface area contributed by atoms with Gasteiger partial charge >= 0.3 is 0 Å². The first kappa shape index (κ1) is 15.4. The second-order valence-corrected chi connectivity index (χ2v) is 6.22. The molecule has 1 fully saturated rings. The average Bonchev–Trinajstić information content (AvgIpc) is 2.48. The summed E-state index contributed by atoms with van der Waals surface area (Å²) in [5.74, 6) is 0. The summed E-state index contributed by atoms with van der Waals surface area (Å²) in [5.41, 5.74) is 7.42. The van der Waals surface area contributed by atoms with Crippen LogP contribution >= 0.6 is 0 Å². The summed E-state index contributed by atoms with van der Waals surface area (Å²) in [6, 6.07) is 4.14. The van der Waals surface area contributed by atoms with Crippen LogP contribution in [0.1, 0.15) is 38.7 Å². The van der Waals surface area contributed by atoms with E-state index in [2.05, 4.69) is 42.9 Å². The van der Waals surface area contributed by atoms with Gasteiger partial charge in [-0.05, 0) is 50.9 Å². The lowest BCUT2D eigenvalue weighted by Gasteiger charge is -2.50. The van der Waals surface area contributed by atoms with Gasteiger partial charge in [0.15, 0.2) is 0 Å². The van der Waals surface area contributed by atoms with Crippen molar-refractivity contribution in [3.05, 3.63) is 30.1 Å². The van der Waals surface area contributed by atoms with Gasteiger partial charge in [0.05, 0.1) is 5.60 Å². The number of aromatic nitrogens is 1. The van der Waals surface area contributed by atoms with E-state index in [0.717, 1.165) is 32.4 Å². The van der Waals surface area contributed by atoms with E-state index in [4.69, 9.17) is 10.5 Å². The Balaban J connectivity index is 2.13. The number of nitrogens with zero attached hydrogens (tertiary/aromatic N) is 2. The molecular formula is C16H27N3O. The van der Waals surface area contributed by atoms with Crippen LogP contribution in [0.25, 0.3) is 0 Å². The molecule has 2 heterocycles. The van der Waals surface area contributed by atoms with Crippen molar-refractivity contribution < 1.29 is 4.74 Å². The molecule has 0 radical (unpaired) electrons. The summed E-state index contributed by atoms with van der Waals surface area (Å²) in [6.07, 6.45) is 6.71. The number of ether oxygens (including phenoxy) is 1. The third kappa shape index (κ3) is 3.19. The molecule has 2 rings (SSSR count). The molecule has 20 heavy (non-hydrogen) atoms. The van der Waals surface area contributed by atoms with Crippen molar-refractivity contribution in [3.63, 3.8) is 0 Å². The predicted octanol–water partition coefficient (Wildman–Crippen LogP) is 2.19. The van der Waals surface area contributed by atoms with E-state index in [-0.39, 0.29) is 11.1 Å². The lowest BCUT2D eigenvalue weighted by atomic mass is 9.78. The van der Waals surface area contributed by atoms with Crippen molar-refractivity contribution in [2.75, 3.05) is 20.2 Å². The molecule has 112 valence electrons. The molecule has 0 amide bonds. The highest BCUT2D eigenvalue weighted by atomic mass is 16.5. The van der Waals surface area contributed by atoms with E-state index in [0.29, 0.717) is 6.54 Å². The first-order valence-electron chi connectivity index (χ1n) is 7.48. The zero-order chi connectivity index (χ0) is 14.6. The van der Waals surface area contributed by atoms with Gasteiger partial charge in [-0.15, -0.1) is 0 Å². The molecule has 0 aliphatic carbocycles. The highest BCUT2D eigenvalue weighted by Gasteiger charge is 2.43. The smallest absolute Gasteiger partial charge is 0.0670 e. The SMILES string of the molecule is CCC1(C)CC(CN)(N(C)Cc2ccncc2)CCO1. The van der Waals surface area contributed by atoms with Crippen LogP contribution in [0.2, 0.25) is 0 Å². The Hall–Kier alpha value is -0.970. The van der Waals surface area contributed by atoms with Gasteiger partial charge in [0.25, 0.3) is 0 Å². The van der Waals surface area contributed by atoms with Crippen molar-refractivity contribution >= 4 is 0 Å². The first-order valence-corrected chi connectivity index (χ1v) is 7.48. The van der Waals surface area contributed by atoms with Crippen molar-refractivity contribution in [3.8, 4) is 0 Å². The first-order chi connectivity index (χ1) is 9.53. The molecule has 0 bridgehead atoms. The maximum atomic E-state index is 6.16. The zero-order valence-electron chi connectivity index (χ0n) is 12.9. The standard InChI is InChI=1S/C16H27N3O/c1-4-15(2)12-16(13-17,7-10-20-15)19(3)11-14-5-8-18-9-6-14/h5-6,8-9H,4,7,10-13,17H2,1-3H3. The summed E-state index contributed by atoms with van der Waals surface area (Å²) < 4.78 is 5.98. The number of hydrogen-bond acceptors (Lipinski definition) is 4. The van der Waals surface area contributed by atoms with Crippen LogP contribution in [0.5, 0.6) is 0 Å². The van der Waals surface area contributed by atoms with Gasteiger partial charge in [-0.2, -0.15) is 0 Å². The minimum atomic E-state index is -0.0515. The van der Waals surface area contributed by atoms with Gasteiger partial charge in [0.2, 0.25) is 0 Å². The van der Waals surface area contributed by atoms with Crippen LogP contribution in [-0.4, -0.2) is 41.2 Å². The maximum Gasteiger partial charge on any atom is 0.0670 e. The Morgan fingerprint density at radius 2 is 2.10 bits per heavy atom. The van der Waals surface area contributed by atoms with Crippen molar-refractivity contribution in [2.45, 2.75) is 50.8 Å². The second-order valence-electron chi connectivity index (χ2n) is 6.22. The van der Waals surface area contributed by atoms with E-state index in [1.54, 1.807) is 0 Å². The Kier molecular flexibility index (Phi) is 4.78. The summed E-state index contributed by atoms with van der Waals surface area (Å²) in [6.45, 7) is 6.77. The largest absolute Gasteiger partial charge is 0.375 e. The number of pyridine rings is 1. The Bertz CT molecular complexity index is 425. The molecule has 2 unspecified atom stereocenters. The molecular weight excluding hydrogens is 250 g/mol. The predicted molar refractivity (Wildman–Crippen MR) is 81.4 cm³/mol. The minimum Gasteiger partial charge on any atom is -0.375 e. The van der Waals surface area contributed by atoms with Crippen LogP contribution < -0.4 is 5.73 Å². The lowest BCUT2D eigenvalue weighted by Crippen LogP contribution is -2.59. The number of likely N-dealkylation sites (N-methyl/N-ethyl adjacent to an activating group) is 1. The summed E-state index contributed by atoms with van der Waals surface area (Å²) in [7, 11) is 2.18. The average molecular weight is 277 g/mol. The van der Waals surface area contributed by atoms with Gasteiger partial charge in [-0.1, -0.05) is 6.92 Å². The van der Waals surface area contributed by atoms with E-state index in [9.17, 15) is 0 Å². The molecule has 1 aliphatic heterocycles. The van der Waals surface area contributed by atoms with Crippen molar-refractivity contribution in [1.29, 1.82) is 0 Å². The van der Waals surface area contributed by atoms with Gasteiger partial charge in [-0.25, -0.2) is 0 Å². The molecule has 1 saturated heterocycles. The van der Waals surface area contributed by atoms with Gasteiger partial charge in [0.1, 0.15) is 0 Å². The van der Waals surface area contributed by atoms with Gasteiger partial charge in [-0.3, -0.25) is 9.88 Å². The highest BCUT2D eigenvalue weighted by Crippen LogP contribution is 2.37. The van der Waals surface area contributed by atoms with Crippen LogP contribution in [-0.2, 0) is 11.3 Å². The summed E-state index contributed by atoms with van der Waals surface area (Å²) >= 11 is 0. The molecule has 1 aromatic heterocycles. The van der Waals surface area contributed by atoms with E-state index >= 15 is 0 Å². The van der Waals surface area contributed by atoms with Crippen molar-refractivity contribution in [1.82, 2.24) is 9.88 Å². The zero-order valence-corrected chi connectivity index (χ0v) is 12.9. The van der Waals surface area contributed by atoms with Crippen LogP contribution in [0.15, 0.2) is 24.5 Å². The molecule has 4 heteroatoms. The van der Waals surface area contributed by atoms with E-state index in [1.807, 2.05) is 12.4 Å². The topological polar surface area (TPSA) is 51.4 Å². The molecule has 1 aliphatic rings. The summed E-state index contributed by atoms with van der Waals surface area (Å²) in [5, 5.41) is 0. The van der Waals surface area contributed by atoms with Gasteiger partial charge in [0, 0.05) is 37.6 Å². The number of nitrogens with two attached hydrogens (primary N) is 1. The van der Waals surface area contributed by atoms with E-state index < -0.39 is 0 Å². The minimum absolute atomic E-state index is 0.0340. The Labute approximate surface area is 122 Å². The number of hydrogen-bond donors (Lipinski definition) is 1. The fraction of sp³-hybridized carbons (Fsp3) is 0.688. The molecule has 4 nitrogen and oxygen atoms in total. The molecule has 0 saturated carbocycles. The Morgan fingerprint density at radius 1 is 1.40 bits per heavy atom. The van der Waals surface area contributed by atoms with Crippen LogP contribution in [0.3, 0.4) is 0 Å². The van der Waals surface area contributed by atoms with E-state index in [1.165, 1.54) is 5.56 Å². The third-order valence-electron chi connectivity index (χ3n) is 4.83. The molecule has 0 aromatic carbocycles. The monoisotopic (exact) mass is 277 g/mol. The quantitative estimate of drug-likeness (QED) is 0.896. The normalized spacial score (nSPS) is 30.6. The lowest BCUT2D eigenvalue weighted by molar-refractivity contribution is -0.126. The molecule has 2 atom stereocenters. The fourth-order valence-corrected chi connectivity index (χ4v) is 3.14. The maximum absolute atomic E-state index is 6.16. The second kappa shape index (κ2) is 6.20. The van der Waals surface area contributed by atoms with Crippen LogP contribution in [0.4, 0.5) is 0 Å². The van der Waals surface area contributed by atoms with Crippen LogP contribution in [0, 0.1) is 0 Å². The van der Waals surface area contributed by atoms with Gasteiger partial charge < -0.3 is 10.5 Å². The molecule has 1 aromatic rings. The molecule has 0 spiro atoms.